The Morgan fingerprint density at radius 1 is 1.22 bits per heavy atom. The van der Waals surface area contributed by atoms with E-state index in [0.29, 0.717) is 17.4 Å². The minimum atomic E-state index is -2.98. The van der Waals surface area contributed by atoms with Gasteiger partial charge in [-0.3, -0.25) is 9.69 Å². The Hall–Kier alpha value is -3.00. The minimum Gasteiger partial charge on any atom is -0.433 e. The molecule has 0 aliphatic carbocycles. The number of hydrogen-bond donors (Lipinski definition) is 3. The van der Waals surface area contributed by atoms with Gasteiger partial charge in [-0.25, -0.2) is 10.3 Å². The Morgan fingerprint density at radius 2 is 1.93 bits per heavy atom. The van der Waals surface area contributed by atoms with Gasteiger partial charge in [0.25, 0.3) is 5.91 Å². The molecule has 0 spiro atoms. The molecule has 0 aromatic heterocycles. The van der Waals surface area contributed by atoms with Gasteiger partial charge in [0, 0.05) is 12.6 Å². The maximum atomic E-state index is 12.5. The van der Waals surface area contributed by atoms with Gasteiger partial charge in [-0.05, 0) is 24.6 Å². The zero-order chi connectivity index (χ0) is 19.4. The number of fused-ring (bicyclic) bond motifs is 1. The van der Waals surface area contributed by atoms with Crippen LogP contribution >= 0.6 is 0 Å². The van der Waals surface area contributed by atoms with Crippen LogP contribution in [0.4, 0.5) is 25.8 Å². The highest BCUT2D eigenvalue weighted by Crippen LogP contribution is 2.27. The lowest BCUT2D eigenvalue weighted by Gasteiger charge is -2.17. The van der Waals surface area contributed by atoms with Crippen molar-refractivity contribution in [3.8, 4) is 5.75 Å². The first kappa shape index (κ1) is 18.8. The molecule has 0 radical (unpaired) electrons. The molecule has 1 aliphatic heterocycles. The van der Waals surface area contributed by atoms with Crippen molar-refractivity contribution >= 4 is 28.9 Å². The fourth-order valence-corrected chi connectivity index (χ4v) is 3.13. The molecule has 1 amide bonds. The van der Waals surface area contributed by atoms with E-state index in [4.69, 9.17) is 5.41 Å². The quantitative estimate of drug-likeness (QED) is 0.697. The standard InChI is InChI=1S/C19H20F2N4O2/c1-2-11-24-14-8-4-5-9-15(14)25(19(24)22)12-17(26)23-13-7-3-6-10-16(13)27-18(20)21/h3-10,18,22H,2,11-12H2,1H3,(H,23,26)/p+1. The van der Waals surface area contributed by atoms with Crippen molar-refractivity contribution in [1.29, 1.82) is 5.41 Å². The van der Waals surface area contributed by atoms with Gasteiger partial charge in [-0.2, -0.15) is 8.78 Å². The topological polar surface area (TPSA) is 69.9 Å². The summed E-state index contributed by atoms with van der Waals surface area (Å²) >= 11 is 0. The number of nitrogens with one attached hydrogen (secondary N) is 3. The van der Waals surface area contributed by atoms with E-state index < -0.39 is 12.5 Å². The first-order valence-corrected chi connectivity index (χ1v) is 8.66. The van der Waals surface area contributed by atoms with Crippen molar-refractivity contribution in [2.75, 3.05) is 23.3 Å². The lowest BCUT2D eigenvalue weighted by Crippen LogP contribution is -3.10. The third-order valence-corrected chi connectivity index (χ3v) is 4.24. The molecular formula is C19H21F2N4O2+. The number of benzene rings is 2. The van der Waals surface area contributed by atoms with Crippen LogP contribution < -0.4 is 19.9 Å². The van der Waals surface area contributed by atoms with Crippen LogP contribution in [0, 0.1) is 5.41 Å². The Morgan fingerprint density at radius 3 is 2.67 bits per heavy atom. The summed E-state index contributed by atoms with van der Waals surface area (Å²) in [6, 6.07) is 13.6. The third-order valence-electron chi connectivity index (χ3n) is 4.24. The van der Waals surface area contributed by atoms with Crippen LogP contribution in [0.2, 0.25) is 0 Å². The average molecular weight is 375 g/mol. The molecule has 2 aromatic carbocycles. The molecule has 1 aliphatic rings. The predicted molar refractivity (Wildman–Crippen MR) is 99.0 cm³/mol. The zero-order valence-corrected chi connectivity index (χ0v) is 14.8. The number of carbonyl (C=O) groups excluding carboxylic acids is 1. The van der Waals surface area contributed by atoms with E-state index in [-0.39, 0.29) is 18.0 Å². The summed E-state index contributed by atoms with van der Waals surface area (Å²) in [5.74, 6) is -0.195. The normalized spacial score (nSPS) is 15.8. The number of alkyl halides is 2. The summed E-state index contributed by atoms with van der Waals surface area (Å²) in [4.78, 5) is 15.0. The van der Waals surface area contributed by atoms with Crippen LogP contribution in [0.1, 0.15) is 13.3 Å². The third kappa shape index (κ3) is 4.06. The number of carbonyl (C=O) groups is 1. The molecule has 0 bridgehead atoms. The van der Waals surface area contributed by atoms with Crippen molar-refractivity contribution in [2.45, 2.75) is 20.0 Å². The molecule has 1 atom stereocenters. The lowest BCUT2D eigenvalue weighted by molar-refractivity contribution is -0.718. The number of anilines is 2. The molecule has 2 aromatic rings. The molecule has 0 saturated carbocycles. The largest absolute Gasteiger partial charge is 0.433 e. The number of ether oxygens (including phenoxy) is 1. The molecule has 142 valence electrons. The van der Waals surface area contributed by atoms with E-state index in [1.165, 1.54) is 12.1 Å². The monoisotopic (exact) mass is 375 g/mol. The van der Waals surface area contributed by atoms with Gasteiger partial charge in [0.15, 0.2) is 12.2 Å². The smallest absolute Gasteiger partial charge is 0.387 e. The highest BCUT2D eigenvalue weighted by atomic mass is 19.3. The highest BCUT2D eigenvalue weighted by Gasteiger charge is 2.38. The summed E-state index contributed by atoms with van der Waals surface area (Å²) in [5, 5.41) is 11.1. The van der Waals surface area contributed by atoms with Gasteiger partial charge in [-0.1, -0.05) is 31.2 Å². The van der Waals surface area contributed by atoms with Gasteiger partial charge in [0.05, 0.1) is 5.69 Å². The van der Waals surface area contributed by atoms with E-state index in [1.54, 1.807) is 12.1 Å². The number of rotatable bonds is 7. The summed E-state index contributed by atoms with van der Waals surface area (Å²) < 4.78 is 29.5. The second-order valence-electron chi connectivity index (χ2n) is 6.10. The second kappa shape index (κ2) is 8.13. The predicted octanol–water partition coefficient (Wildman–Crippen LogP) is 2.61. The highest BCUT2D eigenvalue weighted by molar-refractivity contribution is 6.00. The molecule has 3 N–H and O–H groups in total. The molecule has 0 fully saturated rings. The van der Waals surface area contributed by atoms with Crippen molar-refractivity contribution in [3.63, 3.8) is 0 Å². The van der Waals surface area contributed by atoms with Crippen molar-refractivity contribution in [2.24, 2.45) is 0 Å². The van der Waals surface area contributed by atoms with Crippen LogP contribution in [0.5, 0.6) is 5.75 Å². The summed E-state index contributed by atoms with van der Waals surface area (Å²) in [5.41, 5.74) is 1.93. The Balaban J connectivity index is 1.76. The molecule has 1 unspecified atom stereocenters. The van der Waals surface area contributed by atoms with Crippen LogP contribution in [-0.4, -0.2) is 31.6 Å². The molecule has 6 nitrogen and oxygen atoms in total. The van der Waals surface area contributed by atoms with Crippen LogP contribution in [-0.2, 0) is 4.79 Å². The minimum absolute atomic E-state index is 0.0287. The lowest BCUT2D eigenvalue weighted by atomic mass is 10.2. The van der Waals surface area contributed by atoms with E-state index >= 15 is 0 Å². The van der Waals surface area contributed by atoms with Crippen molar-refractivity contribution in [1.82, 2.24) is 0 Å². The number of nitrogens with zero attached hydrogens (tertiary/aromatic N) is 1. The van der Waals surface area contributed by atoms with E-state index in [9.17, 15) is 13.6 Å². The second-order valence-corrected chi connectivity index (χ2v) is 6.10. The Labute approximate surface area is 155 Å². The van der Waals surface area contributed by atoms with E-state index in [1.807, 2.05) is 36.1 Å². The Kier molecular flexibility index (Phi) is 5.66. The average Bonchev–Trinajstić information content (AvgIpc) is 2.89. The molecule has 1 heterocycles. The fraction of sp³-hybridized carbons (Fsp3) is 0.263. The number of halogens is 2. The van der Waals surface area contributed by atoms with Crippen LogP contribution in [0.15, 0.2) is 48.5 Å². The number of para-hydroxylation sites is 4. The van der Waals surface area contributed by atoms with Gasteiger partial charge < -0.3 is 10.1 Å². The summed E-state index contributed by atoms with van der Waals surface area (Å²) in [7, 11) is 0. The van der Waals surface area contributed by atoms with Gasteiger partial charge in [0.2, 0.25) is 0 Å². The van der Waals surface area contributed by atoms with Crippen LogP contribution in [0.3, 0.4) is 0 Å². The van der Waals surface area contributed by atoms with Gasteiger partial charge in [-0.15, -0.1) is 0 Å². The first-order valence-electron chi connectivity index (χ1n) is 8.66. The van der Waals surface area contributed by atoms with E-state index in [0.717, 1.165) is 17.8 Å². The zero-order valence-electron chi connectivity index (χ0n) is 14.8. The fourth-order valence-electron chi connectivity index (χ4n) is 3.13. The first-order chi connectivity index (χ1) is 13.0. The summed E-state index contributed by atoms with van der Waals surface area (Å²) in [6.07, 6.45) is 0.870. The molecule has 0 saturated heterocycles. The number of hydrogen-bond acceptors (Lipinski definition) is 3. The van der Waals surface area contributed by atoms with Crippen LogP contribution in [0.25, 0.3) is 0 Å². The van der Waals surface area contributed by atoms with Gasteiger partial charge >= 0.3 is 12.6 Å². The molecule has 3 rings (SSSR count). The molecule has 8 heteroatoms. The molecule has 27 heavy (non-hydrogen) atoms. The van der Waals surface area contributed by atoms with E-state index in [2.05, 4.69) is 10.1 Å². The van der Waals surface area contributed by atoms with Crippen molar-refractivity contribution < 1.29 is 23.2 Å². The SMILES string of the molecule is CCCN1C(=N)[NH+](CC(=O)Nc2ccccc2OC(F)F)c2ccccc21. The number of quaternary nitrogens is 1. The maximum Gasteiger partial charge on any atom is 0.387 e. The number of guanidine groups is 1. The number of amides is 1. The summed E-state index contributed by atoms with van der Waals surface area (Å²) in [6.45, 7) is -0.291. The van der Waals surface area contributed by atoms with Crippen molar-refractivity contribution in [3.05, 3.63) is 48.5 Å². The van der Waals surface area contributed by atoms with Gasteiger partial charge in [0.1, 0.15) is 11.4 Å². The maximum absolute atomic E-state index is 12.5. The molecular weight excluding hydrogens is 354 g/mol. The Bertz CT molecular complexity index is 844.